The molecule has 0 bridgehead atoms. The lowest BCUT2D eigenvalue weighted by Crippen LogP contribution is -2.23. The predicted octanol–water partition coefficient (Wildman–Crippen LogP) is 5.09. The van der Waals surface area contributed by atoms with Gasteiger partial charge in [0.15, 0.2) is 11.6 Å². The molecule has 106 valence electrons. The molecule has 2 aromatic rings. The minimum atomic E-state index is -0.389. The van der Waals surface area contributed by atoms with Crippen molar-refractivity contribution in [2.75, 3.05) is 7.11 Å². The Hall–Kier alpha value is -1.54. The minimum absolute atomic E-state index is 0.232. The molecule has 0 heterocycles. The molecule has 2 aromatic carbocycles. The molecule has 3 heteroatoms. The summed E-state index contributed by atoms with van der Waals surface area (Å²) in [5.41, 5.74) is 1.57. The van der Waals surface area contributed by atoms with Gasteiger partial charge in [0.1, 0.15) is 0 Å². The highest BCUT2D eigenvalue weighted by Crippen LogP contribution is 2.42. The van der Waals surface area contributed by atoms with Gasteiger partial charge in [-0.25, -0.2) is 4.39 Å². The summed E-state index contributed by atoms with van der Waals surface area (Å²) in [6.07, 6.45) is 0. The molecule has 1 nitrogen and oxygen atoms in total. The molecular weight excluding hydrogens is 275 g/mol. The average molecular weight is 293 g/mol. The van der Waals surface area contributed by atoms with E-state index in [4.69, 9.17) is 16.3 Å². The van der Waals surface area contributed by atoms with Gasteiger partial charge in [0.05, 0.1) is 12.5 Å². The molecule has 0 aromatic heterocycles. The van der Waals surface area contributed by atoms with Gasteiger partial charge in [-0.05, 0) is 23.3 Å². The molecular formula is C17H18ClFO. The third-order valence-corrected chi connectivity index (χ3v) is 4.42. The van der Waals surface area contributed by atoms with Gasteiger partial charge in [-0.3, -0.25) is 0 Å². The maximum atomic E-state index is 13.8. The average Bonchev–Trinajstić information content (AvgIpc) is 2.47. The molecule has 0 aliphatic carbocycles. The van der Waals surface area contributed by atoms with Crippen molar-refractivity contribution >= 4 is 11.6 Å². The van der Waals surface area contributed by atoms with Crippen molar-refractivity contribution in [1.29, 1.82) is 0 Å². The van der Waals surface area contributed by atoms with Gasteiger partial charge in [0.25, 0.3) is 0 Å². The Morgan fingerprint density at radius 2 is 1.75 bits per heavy atom. The SMILES string of the molecule is COc1ccc(C(Cl)C(C)(C)c2ccccc2)cc1F. The quantitative estimate of drug-likeness (QED) is 0.713. The summed E-state index contributed by atoms with van der Waals surface area (Å²) in [4.78, 5) is 0. The van der Waals surface area contributed by atoms with Crippen LogP contribution in [0.15, 0.2) is 48.5 Å². The van der Waals surface area contributed by atoms with Gasteiger partial charge >= 0.3 is 0 Å². The predicted molar refractivity (Wildman–Crippen MR) is 81.0 cm³/mol. The van der Waals surface area contributed by atoms with Crippen LogP contribution in [-0.2, 0) is 5.41 Å². The lowest BCUT2D eigenvalue weighted by atomic mass is 9.78. The fourth-order valence-corrected chi connectivity index (χ4v) is 2.53. The summed E-state index contributed by atoms with van der Waals surface area (Å²) in [6.45, 7) is 4.12. The molecule has 0 saturated carbocycles. The van der Waals surface area contributed by atoms with E-state index in [1.807, 2.05) is 36.4 Å². The molecule has 0 aliphatic rings. The van der Waals surface area contributed by atoms with Gasteiger partial charge in [0, 0.05) is 5.41 Å². The van der Waals surface area contributed by atoms with E-state index in [2.05, 4.69) is 13.8 Å². The Morgan fingerprint density at radius 3 is 2.30 bits per heavy atom. The van der Waals surface area contributed by atoms with Crippen molar-refractivity contribution in [3.8, 4) is 5.75 Å². The van der Waals surface area contributed by atoms with Crippen molar-refractivity contribution in [2.24, 2.45) is 0 Å². The lowest BCUT2D eigenvalue weighted by Gasteiger charge is -2.31. The first-order valence-corrected chi connectivity index (χ1v) is 6.93. The zero-order valence-electron chi connectivity index (χ0n) is 11.9. The lowest BCUT2D eigenvalue weighted by molar-refractivity contribution is 0.385. The van der Waals surface area contributed by atoms with E-state index in [9.17, 15) is 4.39 Å². The maximum Gasteiger partial charge on any atom is 0.165 e. The number of ether oxygens (including phenoxy) is 1. The topological polar surface area (TPSA) is 9.23 Å². The van der Waals surface area contributed by atoms with Crippen LogP contribution >= 0.6 is 11.6 Å². The Labute approximate surface area is 124 Å². The molecule has 1 unspecified atom stereocenters. The largest absolute Gasteiger partial charge is 0.494 e. The second kappa shape index (κ2) is 5.84. The van der Waals surface area contributed by atoms with Crippen LogP contribution < -0.4 is 4.74 Å². The number of hydrogen-bond acceptors (Lipinski definition) is 1. The smallest absolute Gasteiger partial charge is 0.165 e. The standard InChI is InChI=1S/C17H18ClFO/c1-17(2,13-7-5-4-6-8-13)16(18)12-9-10-15(20-3)14(19)11-12/h4-11,16H,1-3H3. The third-order valence-electron chi connectivity index (χ3n) is 3.62. The molecule has 20 heavy (non-hydrogen) atoms. The van der Waals surface area contributed by atoms with Gasteiger partial charge < -0.3 is 4.74 Å². The van der Waals surface area contributed by atoms with E-state index in [1.54, 1.807) is 6.07 Å². The number of methoxy groups -OCH3 is 1. The van der Waals surface area contributed by atoms with Gasteiger partial charge in [-0.2, -0.15) is 0 Å². The second-order valence-corrected chi connectivity index (χ2v) is 5.78. The molecule has 0 fully saturated rings. The Kier molecular flexibility index (Phi) is 4.34. The Bertz CT molecular complexity index is 581. The zero-order chi connectivity index (χ0) is 14.8. The zero-order valence-corrected chi connectivity index (χ0v) is 12.6. The molecule has 0 spiro atoms. The summed E-state index contributed by atoms with van der Waals surface area (Å²) in [6, 6.07) is 14.9. The summed E-state index contributed by atoms with van der Waals surface area (Å²) in [5, 5.41) is -0.328. The molecule has 0 aliphatic heterocycles. The summed E-state index contributed by atoms with van der Waals surface area (Å²) in [7, 11) is 1.45. The van der Waals surface area contributed by atoms with Crippen molar-refractivity contribution < 1.29 is 9.13 Å². The Morgan fingerprint density at radius 1 is 1.10 bits per heavy atom. The van der Waals surface area contributed by atoms with Gasteiger partial charge in [0.2, 0.25) is 0 Å². The van der Waals surface area contributed by atoms with E-state index in [1.165, 1.54) is 13.2 Å². The van der Waals surface area contributed by atoms with Gasteiger partial charge in [-0.15, -0.1) is 11.6 Å². The van der Waals surface area contributed by atoms with Crippen LogP contribution in [0.2, 0.25) is 0 Å². The number of alkyl halides is 1. The number of rotatable bonds is 4. The molecule has 0 saturated heterocycles. The van der Waals surface area contributed by atoms with Crippen LogP contribution in [0.3, 0.4) is 0 Å². The maximum absolute atomic E-state index is 13.8. The highest BCUT2D eigenvalue weighted by Gasteiger charge is 2.31. The highest BCUT2D eigenvalue weighted by atomic mass is 35.5. The van der Waals surface area contributed by atoms with Crippen molar-refractivity contribution in [1.82, 2.24) is 0 Å². The van der Waals surface area contributed by atoms with Crippen LogP contribution in [0.4, 0.5) is 4.39 Å². The van der Waals surface area contributed by atoms with Crippen molar-refractivity contribution in [3.63, 3.8) is 0 Å². The van der Waals surface area contributed by atoms with Crippen LogP contribution in [0, 0.1) is 5.82 Å². The molecule has 0 amide bonds. The molecule has 2 rings (SSSR count). The summed E-state index contributed by atoms with van der Waals surface area (Å²) in [5.74, 6) is -0.158. The Balaban J connectivity index is 2.35. The van der Waals surface area contributed by atoms with Crippen LogP contribution in [0.1, 0.15) is 30.4 Å². The van der Waals surface area contributed by atoms with Crippen LogP contribution in [-0.4, -0.2) is 7.11 Å². The van der Waals surface area contributed by atoms with E-state index in [0.717, 1.165) is 11.1 Å². The fraction of sp³-hybridized carbons (Fsp3) is 0.294. The summed E-state index contributed by atoms with van der Waals surface area (Å²) < 4.78 is 18.7. The normalized spacial score (nSPS) is 13.1. The first-order valence-electron chi connectivity index (χ1n) is 6.50. The number of hydrogen-bond donors (Lipinski definition) is 0. The minimum Gasteiger partial charge on any atom is -0.494 e. The van der Waals surface area contributed by atoms with Gasteiger partial charge in [-0.1, -0.05) is 50.2 Å². The molecule has 0 radical (unpaired) electrons. The first-order chi connectivity index (χ1) is 9.46. The number of halogens is 2. The van der Waals surface area contributed by atoms with Crippen LogP contribution in [0.25, 0.3) is 0 Å². The van der Waals surface area contributed by atoms with E-state index < -0.39 is 0 Å². The summed E-state index contributed by atoms with van der Waals surface area (Å²) >= 11 is 6.59. The third kappa shape index (κ3) is 2.80. The second-order valence-electron chi connectivity index (χ2n) is 5.34. The van der Waals surface area contributed by atoms with E-state index in [0.29, 0.717) is 0 Å². The van der Waals surface area contributed by atoms with E-state index >= 15 is 0 Å². The van der Waals surface area contributed by atoms with Crippen molar-refractivity contribution in [2.45, 2.75) is 24.6 Å². The van der Waals surface area contributed by atoms with E-state index in [-0.39, 0.29) is 22.4 Å². The number of benzene rings is 2. The molecule has 0 N–H and O–H groups in total. The van der Waals surface area contributed by atoms with Crippen molar-refractivity contribution in [3.05, 3.63) is 65.5 Å². The highest BCUT2D eigenvalue weighted by molar-refractivity contribution is 6.21. The fourth-order valence-electron chi connectivity index (χ4n) is 2.27. The monoisotopic (exact) mass is 292 g/mol. The first kappa shape index (κ1) is 14.9. The van der Waals surface area contributed by atoms with Crippen LogP contribution in [0.5, 0.6) is 5.75 Å². The molecule has 1 atom stereocenters.